The van der Waals surface area contributed by atoms with E-state index in [1.807, 2.05) is 18.9 Å². The molecule has 0 spiro atoms. The van der Waals surface area contributed by atoms with E-state index in [2.05, 4.69) is 11.8 Å². The second-order valence-corrected chi connectivity index (χ2v) is 3.89. The first-order chi connectivity index (χ1) is 7.20. The maximum Gasteiger partial charge on any atom is 0.239 e. The van der Waals surface area contributed by atoms with Gasteiger partial charge in [-0.3, -0.25) is 9.69 Å². The molecule has 1 aliphatic rings. The lowest BCUT2D eigenvalue weighted by molar-refractivity contribution is -0.131. The van der Waals surface area contributed by atoms with Crippen LogP contribution in [0.1, 0.15) is 20.3 Å². The van der Waals surface area contributed by atoms with Crippen molar-refractivity contribution >= 4 is 5.91 Å². The third kappa shape index (κ3) is 3.18. The molecule has 0 bridgehead atoms. The molecule has 1 heterocycles. The first kappa shape index (κ1) is 12.5. The summed E-state index contributed by atoms with van der Waals surface area (Å²) in [6.07, 6.45) is 0.954. The SMILES string of the molecule is CCOCCN(CC)[C@H]1CCN(C)C1=O. The third-order valence-corrected chi connectivity index (χ3v) is 2.97. The van der Waals surface area contributed by atoms with Gasteiger partial charge >= 0.3 is 0 Å². The molecule has 0 unspecified atom stereocenters. The normalized spacial score (nSPS) is 21.7. The highest BCUT2D eigenvalue weighted by molar-refractivity contribution is 5.83. The minimum Gasteiger partial charge on any atom is -0.380 e. The molecule has 1 rings (SSSR count). The number of ether oxygens (including phenoxy) is 1. The van der Waals surface area contributed by atoms with Crippen LogP contribution in [0.15, 0.2) is 0 Å². The fourth-order valence-corrected chi connectivity index (χ4v) is 2.00. The molecule has 0 aliphatic carbocycles. The summed E-state index contributed by atoms with van der Waals surface area (Å²) in [5.74, 6) is 0.258. The molecule has 0 saturated carbocycles. The minimum atomic E-state index is 0.0838. The summed E-state index contributed by atoms with van der Waals surface area (Å²) in [5, 5.41) is 0. The second-order valence-electron chi connectivity index (χ2n) is 3.89. The highest BCUT2D eigenvalue weighted by Crippen LogP contribution is 2.15. The molecule has 4 nitrogen and oxygen atoms in total. The molecule has 1 saturated heterocycles. The predicted octanol–water partition coefficient (Wildman–Crippen LogP) is 0.576. The lowest BCUT2D eigenvalue weighted by Gasteiger charge is -2.25. The number of hydrogen-bond acceptors (Lipinski definition) is 3. The zero-order chi connectivity index (χ0) is 11.3. The smallest absolute Gasteiger partial charge is 0.239 e. The number of likely N-dealkylation sites (tertiary alicyclic amines) is 1. The van der Waals surface area contributed by atoms with E-state index in [9.17, 15) is 4.79 Å². The Balaban J connectivity index is 2.40. The van der Waals surface area contributed by atoms with Crippen LogP contribution in [0.5, 0.6) is 0 Å². The highest BCUT2D eigenvalue weighted by atomic mass is 16.5. The van der Waals surface area contributed by atoms with E-state index in [1.165, 1.54) is 0 Å². The second kappa shape index (κ2) is 6.08. The van der Waals surface area contributed by atoms with Crippen LogP contribution in [0, 0.1) is 0 Å². The lowest BCUT2D eigenvalue weighted by Crippen LogP contribution is -2.42. The zero-order valence-electron chi connectivity index (χ0n) is 10.0. The van der Waals surface area contributed by atoms with E-state index in [4.69, 9.17) is 4.74 Å². The third-order valence-electron chi connectivity index (χ3n) is 2.97. The van der Waals surface area contributed by atoms with E-state index in [-0.39, 0.29) is 11.9 Å². The van der Waals surface area contributed by atoms with Crippen molar-refractivity contribution < 1.29 is 9.53 Å². The molecule has 1 fully saturated rings. The molecule has 0 aromatic rings. The number of nitrogens with zero attached hydrogens (tertiary/aromatic N) is 2. The first-order valence-electron chi connectivity index (χ1n) is 5.77. The largest absolute Gasteiger partial charge is 0.380 e. The van der Waals surface area contributed by atoms with E-state index >= 15 is 0 Å². The molecular weight excluding hydrogens is 192 g/mol. The summed E-state index contributed by atoms with van der Waals surface area (Å²) in [7, 11) is 1.87. The molecule has 88 valence electrons. The van der Waals surface area contributed by atoms with Gasteiger partial charge < -0.3 is 9.64 Å². The highest BCUT2D eigenvalue weighted by Gasteiger charge is 2.32. The van der Waals surface area contributed by atoms with Crippen LogP contribution in [0.2, 0.25) is 0 Å². The molecule has 0 radical (unpaired) electrons. The molecule has 1 atom stereocenters. The summed E-state index contributed by atoms with van der Waals surface area (Å²) in [5.41, 5.74) is 0. The Kier molecular flexibility index (Phi) is 5.05. The van der Waals surface area contributed by atoms with Crippen molar-refractivity contribution in [3.05, 3.63) is 0 Å². The van der Waals surface area contributed by atoms with Crippen LogP contribution in [0.4, 0.5) is 0 Å². The molecule has 1 amide bonds. The zero-order valence-corrected chi connectivity index (χ0v) is 10.0. The lowest BCUT2D eigenvalue weighted by atomic mass is 10.2. The quantitative estimate of drug-likeness (QED) is 0.606. The van der Waals surface area contributed by atoms with Crippen molar-refractivity contribution in [2.75, 3.05) is 39.9 Å². The van der Waals surface area contributed by atoms with Gasteiger partial charge in [-0.2, -0.15) is 0 Å². The van der Waals surface area contributed by atoms with E-state index in [0.717, 1.165) is 39.3 Å². The van der Waals surface area contributed by atoms with Crippen LogP contribution in [-0.4, -0.2) is 61.6 Å². The van der Waals surface area contributed by atoms with Crippen molar-refractivity contribution in [2.24, 2.45) is 0 Å². The molecule has 0 aromatic carbocycles. The van der Waals surface area contributed by atoms with Crippen LogP contribution in [0.3, 0.4) is 0 Å². The number of likely N-dealkylation sites (N-methyl/N-ethyl adjacent to an activating group) is 2. The number of rotatable bonds is 6. The van der Waals surface area contributed by atoms with Gasteiger partial charge in [0.2, 0.25) is 5.91 Å². The maximum absolute atomic E-state index is 11.8. The van der Waals surface area contributed by atoms with Gasteiger partial charge in [-0.05, 0) is 19.9 Å². The fraction of sp³-hybridized carbons (Fsp3) is 0.909. The van der Waals surface area contributed by atoms with Gasteiger partial charge in [0.25, 0.3) is 0 Å². The van der Waals surface area contributed by atoms with Gasteiger partial charge in [0, 0.05) is 26.7 Å². The molecule has 15 heavy (non-hydrogen) atoms. The average Bonchev–Trinajstić information content (AvgIpc) is 2.56. The van der Waals surface area contributed by atoms with Crippen LogP contribution in [-0.2, 0) is 9.53 Å². The minimum absolute atomic E-state index is 0.0838. The van der Waals surface area contributed by atoms with E-state index in [0.29, 0.717) is 0 Å². The Morgan fingerprint density at radius 1 is 1.53 bits per heavy atom. The Morgan fingerprint density at radius 3 is 2.73 bits per heavy atom. The van der Waals surface area contributed by atoms with Gasteiger partial charge in [-0.1, -0.05) is 6.92 Å². The standard InChI is InChI=1S/C11H22N2O2/c1-4-13(8-9-15-5-2)10-6-7-12(3)11(10)14/h10H,4-9H2,1-3H3/t10-/m0/s1. The monoisotopic (exact) mass is 214 g/mol. The molecule has 4 heteroatoms. The van der Waals surface area contributed by atoms with Crippen molar-refractivity contribution in [2.45, 2.75) is 26.3 Å². The van der Waals surface area contributed by atoms with Crippen molar-refractivity contribution in [1.82, 2.24) is 9.80 Å². The Morgan fingerprint density at radius 2 is 2.27 bits per heavy atom. The van der Waals surface area contributed by atoms with E-state index < -0.39 is 0 Å². The molecule has 0 aromatic heterocycles. The van der Waals surface area contributed by atoms with Crippen LogP contribution in [0.25, 0.3) is 0 Å². The van der Waals surface area contributed by atoms with Crippen molar-refractivity contribution in [3.63, 3.8) is 0 Å². The summed E-state index contributed by atoms with van der Waals surface area (Å²) < 4.78 is 5.32. The number of carbonyl (C=O) groups excluding carboxylic acids is 1. The van der Waals surface area contributed by atoms with Gasteiger partial charge in [0.1, 0.15) is 0 Å². The predicted molar refractivity (Wildman–Crippen MR) is 59.8 cm³/mol. The Bertz CT molecular complexity index is 209. The van der Waals surface area contributed by atoms with Gasteiger partial charge in [-0.25, -0.2) is 0 Å². The summed E-state index contributed by atoms with van der Waals surface area (Å²) in [4.78, 5) is 15.8. The van der Waals surface area contributed by atoms with Crippen molar-refractivity contribution in [1.29, 1.82) is 0 Å². The van der Waals surface area contributed by atoms with Crippen LogP contribution >= 0.6 is 0 Å². The summed E-state index contributed by atoms with van der Waals surface area (Å²) in [6, 6.07) is 0.0838. The van der Waals surface area contributed by atoms with Crippen LogP contribution < -0.4 is 0 Å². The topological polar surface area (TPSA) is 32.8 Å². The summed E-state index contributed by atoms with van der Waals surface area (Å²) >= 11 is 0. The van der Waals surface area contributed by atoms with Crippen molar-refractivity contribution in [3.8, 4) is 0 Å². The van der Waals surface area contributed by atoms with Gasteiger partial charge in [0.15, 0.2) is 0 Å². The number of hydrogen-bond donors (Lipinski definition) is 0. The number of amides is 1. The average molecular weight is 214 g/mol. The summed E-state index contributed by atoms with van der Waals surface area (Å²) in [6.45, 7) is 8.21. The Labute approximate surface area is 92.2 Å². The fourth-order valence-electron chi connectivity index (χ4n) is 2.00. The van der Waals surface area contributed by atoms with E-state index in [1.54, 1.807) is 0 Å². The maximum atomic E-state index is 11.8. The molecular formula is C11H22N2O2. The first-order valence-corrected chi connectivity index (χ1v) is 5.77. The molecule has 1 aliphatic heterocycles. The number of carbonyl (C=O) groups is 1. The Hall–Kier alpha value is -0.610. The molecule has 0 N–H and O–H groups in total. The van der Waals surface area contributed by atoms with Gasteiger partial charge in [0.05, 0.1) is 12.6 Å². The van der Waals surface area contributed by atoms with Gasteiger partial charge in [-0.15, -0.1) is 0 Å².